The summed E-state index contributed by atoms with van der Waals surface area (Å²) in [5, 5.41) is 11.7. The monoisotopic (exact) mass is 387 g/mol. The fourth-order valence-corrected chi connectivity index (χ4v) is 3.83. The van der Waals surface area contributed by atoms with E-state index < -0.39 is 0 Å². The number of hydrogen-bond acceptors (Lipinski definition) is 4. The molecule has 28 heavy (non-hydrogen) atoms. The van der Waals surface area contributed by atoms with E-state index >= 15 is 0 Å². The quantitative estimate of drug-likeness (QED) is 0.252. The Morgan fingerprint density at radius 1 is 0.857 bits per heavy atom. The summed E-state index contributed by atoms with van der Waals surface area (Å²) in [6.45, 7) is 0. The van der Waals surface area contributed by atoms with Crippen molar-refractivity contribution in [2.24, 2.45) is 0 Å². The van der Waals surface area contributed by atoms with Gasteiger partial charge in [-0.05, 0) is 5.56 Å². The molecule has 4 rings (SSSR count). The third-order valence-electron chi connectivity index (χ3n) is 4.30. The molecule has 3 aromatic carbocycles. The zero-order valence-corrected chi connectivity index (χ0v) is 15.7. The second kappa shape index (κ2) is 8.10. The largest absolute Gasteiger partial charge is 0.337 e. The number of thioether (sulfide) groups is 1. The molecule has 0 aliphatic rings. The summed E-state index contributed by atoms with van der Waals surface area (Å²) in [4.78, 5) is 18.7. The zero-order chi connectivity index (χ0) is 19.3. The maximum absolute atomic E-state index is 10.8. The van der Waals surface area contributed by atoms with Crippen molar-refractivity contribution < 1.29 is 4.92 Å². The van der Waals surface area contributed by atoms with Crippen LogP contribution in [0.3, 0.4) is 0 Å². The number of H-pyrrole nitrogens is 1. The molecule has 1 heterocycles. The van der Waals surface area contributed by atoms with Gasteiger partial charge in [-0.3, -0.25) is 10.1 Å². The number of hydrogen-bond donors (Lipinski definition) is 1. The van der Waals surface area contributed by atoms with Crippen LogP contribution in [0.5, 0.6) is 0 Å². The Morgan fingerprint density at radius 3 is 2.07 bits per heavy atom. The lowest BCUT2D eigenvalue weighted by atomic mass is 10.2. The zero-order valence-electron chi connectivity index (χ0n) is 14.9. The SMILES string of the molecule is O=[N+]([O-])c1ccc(CSc2nc(-c3ccccc3)[nH]c2-c2ccccc2)cc1. The van der Waals surface area contributed by atoms with Gasteiger partial charge in [0.25, 0.3) is 5.69 Å². The lowest BCUT2D eigenvalue weighted by molar-refractivity contribution is -0.384. The topological polar surface area (TPSA) is 71.8 Å². The van der Waals surface area contributed by atoms with Crippen molar-refractivity contribution in [2.45, 2.75) is 10.8 Å². The van der Waals surface area contributed by atoms with Gasteiger partial charge >= 0.3 is 0 Å². The normalized spacial score (nSPS) is 10.7. The molecule has 4 aromatic rings. The van der Waals surface area contributed by atoms with Crippen LogP contribution in [0.1, 0.15) is 5.56 Å². The number of rotatable bonds is 6. The Labute approximate surface area is 166 Å². The molecule has 0 saturated heterocycles. The van der Waals surface area contributed by atoms with E-state index in [1.54, 1.807) is 23.9 Å². The Kier molecular flexibility index (Phi) is 5.21. The summed E-state index contributed by atoms with van der Waals surface area (Å²) in [5.41, 5.74) is 4.19. The van der Waals surface area contributed by atoms with E-state index in [0.29, 0.717) is 5.75 Å². The highest BCUT2D eigenvalue weighted by molar-refractivity contribution is 7.98. The van der Waals surface area contributed by atoms with Gasteiger partial charge in [0, 0.05) is 29.0 Å². The molecular weight excluding hydrogens is 370 g/mol. The number of nitrogens with zero attached hydrogens (tertiary/aromatic N) is 2. The third kappa shape index (κ3) is 3.97. The van der Waals surface area contributed by atoms with Crippen molar-refractivity contribution in [3.05, 3.63) is 101 Å². The lowest BCUT2D eigenvalue weighted by Gasteiger charge is -2.03. The van der Waals surface area contributed by atoms with E-state index in [2.05, 4.69) is 17.1 Å². The van der Waals surface area contributed by atoms with Crippen LogP contribution >= 0.6 is 11.8 Å². The van der Waals surface area contributed by atoms with Crippen LogP contribution < -0.4 is 0 Å². The highest BCUT2D eigenvalue weighted by Crippen LogP contribution is 2.34. The number of nitro benzene ring substituents is 1. The number of imidazole rings is 1. The number of aromatic amines is 1. The minimum atomic E-state index is -0.385. The molecule has 0 spiro atoms. The highest BCUT2D eigenvalue weighted by Gasteiger charge is 2.14. The van der Waals surface area contributed by atoms with Gasteiger partial charge in [0.15, 0.2) is 0 Å². The standard InChI is InChI=1S/C22H17N3O2S/c26-25(27)19-13-11-16(12-14-19)15-28-22-20(17-7-3-1-4-8-17)23-21(24-22)18-9-5-2-6-10-18/h1-14H,15H2,(H,23,24). The average molecular weight is 387 g/mol. The molecule has 0 unspecified atom stereocenters. The van der Waals surface area contributed by atoms with Gasteiger partial charge in [-0.15, -0.1) is 0 Å². The molecular formula is C22H17N3O2S. The molecule has 0 aliphatic heterocycles. The van der Waals surface area contributed by atoms with Crippen molar-refractivity contribution >= 4 is 17.4 Å². The molecule has 138 valence electrons. The Balaban J connectivity index is 1.63. The number of nitrogens with one attached hydrogen (secondary N) is 1. The molecule has 5 nitrogen and oxygen atoms in total. The van der Waals surface area contributed by atoms with Crippen LogP contribution in [0.15, 0.2) is 90.0 Å². The lowest BCUT2D eigenvalue weighted by Crippen LogP contribution is -1.88. The van der Waals surface area contributed by atoms with Crippen molar-refractivity contribution in [1.82, 2.24) is 9.97 Å². The molecule has 0 aliphatic carbocycles. The summed E-state index contributed by atoms with van der Waals surface area (Å²) in [5.74, 6) is 1.50. The fraction of sp³-hybridized carbons (Fsp3) is 0.0455. The maximum Gasteiger partial charge on any atom is 0.269 e. The van der Waals surface area contributed by atoms with E-state index in [9.17, 15) is 10.1 Å². The van der Waals surface area contributed by atoms with Crippen molar-refractivity contribution in [2.75, 3.05) is 0 Å². The molecule has 0 radical (unpaired) electrons. The number of benzene rings is 3. The Bertz CT molecular complexity index is 1080. The first-order valence-corrected chi connectivity index (χ1v) is 9.76. The summed E-state index contributed by atoms with van der Waals surface area (Å²) in [7, 11) is 0. The van der Waals surface area contributed by atoms with Gasteiger partial charge < -0.3 is 4.98 Å². The minimum absolute atomic E-state index is 0.102. The smallest absolute Gasteiger partial charge is 0.269 e. The minimum Gasteiger partial charge on any atom is -0.337 e. The predicted molar refractivity (Wildman–Crippen MR) is 112 cm³/mol. The summed E-state index contributed by atoms with van der Waals surface area (Å²) in [6.07, 6.45) is 0. The number of aromatic nitrogens is 2. The molecule has 0 amide bonds. The fourth-order valence-electron chi connectivity index (χ4n) is 2.86. The average Bonchev–Trinajstić information content (AvgIpc) is 3.18. The predicted octanol–water partition coefficient (Wildman–Crippen LogP) is 5.94. The van der Waals surface area contributed by atoms with E-state index in [-0.39, 0.29) is 10.6 Å². The van der Waals surface area contributed by atoms with E-state index in [1.165, 1.54) is 12.1 Å². The van der Waals surface area contributed by atoms with Gasteiger partial charge in [0.05, 0.1) is 10.6 Å². The maximum atomic E-state index is 10.8. The van der Waals surface area contributed by atoms with Crippen LogP contribution in [0.25, 0.3) is 22.6 Å². The van der Waals surface area contributed by atoms with Crippen LogP contribution in [-0.4, -0.2) is 14.9 Å². The number of nitro groups is 1. The highest BCUT2D eigenvalue weighted by atomic mass is 32.2. The van der Waals surface area contributed by atoms with Crippen molar-refractivity contribution in [3.8, 4) is 22.6 Å². The van der Waals surface area contributed by atoms with Gasteiger partial charge in [-0.25, -0.2) is 4.98 Å². The van der Waals surface area contributed by atoms with Crippen LogP contribution in [-0.2, 0) is 5.75 Å². The van der Waals surface area contributed by atoms with Gasteiger partial charge in [0.1, 0.15) is 10.9 Å². The second-order valence-corrected chi connectivity index (χ2v) is 7.17. The van der Waals surface area contributed by atoms with Gasteiger partial charge in [0.2, 0.25) is 0 Å². The van der Waals surface area contributed by atoms with Gasteiger partial charge in [-0.1, -0.05) is 84.6 Å². The summed E-state index contributed by atoms with van der Waals surface area (Å²) in [6, 6.07) is 26.8. The van der Waals surface area contributed by atoms with E-state index in [0.717, 1.165) is 33.2 Å². The molecule has 0 atom stereocenters. The first-order chi connectivity index (χ1) is 13.7. The molecule has 0 fully saturated rings. The first kappa shape index (κ1) is 18.0. The third-order valence-corrected chi connectivity index (χ3v) is 5.35. The number of non-ortho nitro benzene ring substituents is 1. The van der Waals surface area contributed by atoms with Crippen LogP contribution in [0.4, 0.5) is 5.69 Å². The van der Waals surface area contributed by atoms with Crippen molar-refractivity contribution in [1.29, 1.82) is 0 Å². The summed E-state index contributed by atoms with van der Waals surface area (Å²) < 4.78 is 0. The Morgan fingerprint density at radius 2 is 1.46 bits per heavy atom. The molecule has 0 bridgehead atoms. The second-order valence-electron chi connectivity index (χ2n) is 6.21. The first-order valence-electron chi connectivity index (χ1n) is 8.78. The van der Waals surface area contributed by atoms with Crippen molar-refractivity contribution in [3.63, 3.8) is 0 Å². The Hall–Kier alpha value is -3.38. The molecule has 0 saturated carbocycles. The molecule has 6 heteroatoms. The summed E-state index contributed by atoms with van der Waals surface area (Å²) >= 11 is 1.61. The molecule has 1 N–H and O–H groups in total. The van der Waals surface area contributed by atoms with Gasteiger partial charge in [-0.2, -0.15) is 0 Å². The van der Waals surface area contributed by atoms with Crippen LogP contribution in [0.2, 0.25) is 0 Å². The molecule has 1 aromatic heterocycles. The van der Waals surface area contributed by atoms with E-state index in [4.69, 9.17) is 4.98 Å². The van der Waals surface area contributed by atoms with Crippen LogP contribution in [0, 0.1) is 10.1 Å². The van der Waals surface area contributed by atoms with E-state index in [1.807, 2.05) is 48.5 Å².